The fourth-order valence-electron chi connectivity index (χ4n) is 1.53. The molecule has 0 aliphatic rings. The maximum atomic E-state index is 11.7. The SMILES string of the molecule is C=CCCNC(=O)CC(NC(C)=O)c1cccs1. The summed E-state index contributed by atoms with van der Waals surface area (Å²) in [5, 5.41) is 7.52. The largest absolute Gasteiger partial charge is 0.356 e. The maximum Gasteiger partial charge on any atom is 0.222 e. The average molecular weight is 266 g/mol. The first-order valence-electron chi connectivity index (χ1n) is 5.81. The van der Waals surface area contributed by atoms with Gasteiger partial charge in [-0.25, -0.2) is 0 Å². The van der Waals surface area contributed by atoms with Crippen molar-refractivity contribution in [2.24, 2.45) is 0 Å². The molecule has 0 bridgehead atoms. The summed E-state index contributed by atoms with van der Waals surface area (Å²) >= 11 is 1.53. The zero-order valence-electron chi connectivity index (χ0n) is 10.4. The van der Waals surface area contributed by atoms with Gasteiger partial charge in [-0.05, 0) is 17.9 Å². The molecular weight excluding hydrogens is 248 g/mol. The van der Waals surface area contributed by atoms with Crippen LogP contribution in [-0.4, -0.2) is 18.4 Å². The predicted octanol–water partition coefficient (Wildman–Crippen LogP) is 2.01. The summed E-state index contributed by atoms with van der Waals surface area (Å²) in [5.74, 6) is -0.198. The second-order valence-corrected chi connectivity index (χ2v) is 4.88. The molecule has 0 saturated heterocycles. The number of carbonyl (C=O) groups excluding carboxylic acids is 2. The molecule has 0 aromatic carbocycles. The fraction of sp³-hybridized carbons (Fsp3) is 0.385. The number of hydrogen-bond acceptors (Lipinski definition) is 3. The highest BCUT2D eigenvalue weighted by Crippen LogP contribution is 2.21. The van der Waals surface area contributed by atoms with E-state index in [1.165, 1.54) is 18.3 Å². The van der Waals surface area contributed by atoms with Gasteiger partial charge in [0.05, 0.1) is 12.5 Å². The number of hydrogen-bond donors (Lipinski definition) is 2. The lowest BCUT2D eigenvalue weighted by molar-refractivity contribution is -0.122. The van der Waals surface area contributed by atoms with E-state index in [1.807, 2.05) is 17.5 Å². The molecule has 18 heavy (non-hydrogen) atoms. The summed E-state index contributed by atoms with van der Waals surface area (Å²) in [6.45, 7) is 5.63. The van der Waals surface area contributed by atoms with E-state index in [0.717, 1.165) is 11.3 Å². The van der Waals surface area contributed by atoms with Crippen LogP contribution in [0.25, 0.3) is 0 Å². The minimum atomic E-state index is -0.244. The van der Waals surface area contributed by atoms with E-state index >= 15 is 0 Å². The van der Waals surface area contributed by atoms with Gasteiger partial charge in [0, 0.05) is 18.3 Å². The van der Waals surface area contributed by atoms with Crippen LogP contribution < -0.4 is 10.6 Å². The molecule has 98 valence electrons. The van der Waals surface area contributed by atoms with Crippen molar-refractivity contribution in [3.63, 3.8) is 0 Å². The van der Waals surface area contributed by atoms with Crippen LogP contribution in [0.15, 0.2) is 30.2 Å². The zero-order valence-corrected chi connectivity index (χ0v) is 11.3. The summed E-state index contributed by atoms with van der Waals surface area (Å²) in [4.78, 5) is 23.8. The van der Waals surface area contributed by atoms with Gasteiger partial charge in [0.15, 0.2) is 0 Å². The van der Waals surface area contributed by atoms with Gasteiger partial charge in [-0.2, -0.15) is 0 Å². The van der Waals surface area contributed by atoms with Gasteiger partial charge in [-0.15, -0.1) is 17.9 Å². The highest BCUT2D eigenvalue weighted by atomic mass is 32.1. The molecule has 0 saturated carbocycles. The van der Waals surface area contributed by atoms with Crippen molar-refractivity contribution in [3.8, 4) is 0 Å². The molecule has 4 nitrogen and oxygen atoms in total. The summed E-state index contributed by atoms with van der Waals surface area (Å²) in [5.41, 5.74) is 0. The van der Waals surface area contributed by atoms with E-state index in [9.17, 15) is 9.59 Å². The molecular formula is C13H18N2O2S. The van der Waals surface area contributed by atoms with Crippen molar-refractivity contribution in [1.29, 1.82) is 0 Å². The number of nitrogens with one attached hydrogen (secondary N) is 2. The van der Waals surface area contributed by atoms with Crippen molar-refractivity contribution in [2.75, 3.05) is 6.54 Å². The third-order valence-corrected chi connectivity index (χ3v) is 3.31. The summed E-state index contributed by atoms with van der Waals surface area (Å²) in [6, 6.07) is 3.58. The van der Waals surface area contributed by atoms with Gasteiger partial charge in [-0.1, -0.05) is 12.1 Å². The molecule has 5 heteroatoms. The van der Waals surface area contributed by atoms with Gasteiger partial charge >= 0.3 is 0 Å². The Morgan fingerprint density at radius 2 is 2.33 bits per heavy atom. The lowest BCUT2D eigenvalue weighted by Gasteiger charge is -2.16. The molecule has 2 N–H and O–H groups in total. The maximum absolute atomic E-state index is 11.7. The summed E-state index contributed by atoms with van der Waals surface area (Å²) in [7, 11) is 0. The lowest BCUT2D eigenvalue weighted by Crippen LogP contribution is -2.32. The molecule has 1 atom stereocenters. The topological polar surface area (TPSA) is 58.2 Å². The van der Waals surface area contributed by atoms with Crippen LogP contribution >= 0.6 is 11.3 Å². The Labute approximate surface area is 111 Å². The highest BCUT2D eigenvalue weighted by Gasteiger charge is 2.17. The Morgan fingerprint density at radius 1 is 1.56 bits per heavy atom. The van der Waals surface area contributed by atoms with E-state index in [0.29, 0.717) is 6.54 Å². The summed E-state index contributed by atoms with van der Waals surface area (Å²) in [6.07, 6.45) is 2.76. The first kappa shape index (κ1) is 14.4. The smallest absolute Gasteiger partial charge is 0.222 e. The zero-order chi connectivity index (χ0) is 13.4. The van der Waals surface area contributed by atoms with Gasteiger partial charge in [0.25, 0.3) is 0 Å². The van der Waals surface area contributed by atoms with E-state index in [-0.39, 0.29) is 24.3 Å². The third kappa shape index (κ3) is 5.14. The second kappa shape index (κ2) is 7.66. The van der Waals surface area contributed by atoms with Crippen molar-refractivity contribution < 1.29 is 9.59 Å². The van der Waals surface area contributed by atoms with E-state index in [2.05, 4.69) is 17.2 Å². The van der Waals surface area contributed by atoms with Crippen molar-refractivity contribution in [1.82, 2.24) is 10.6 Å². The molecule has 0 fully saturated rings. The summed E-state index contributed by atoms with van der Waals surface area (Å²) < 4.78 is 0. The monoisotopic (exact) mass is 266 g/mol. The van der Waals surface area contributed by atoms with Crippen LogP contribution in [0.5, 0.6) is 0 Å². The van der Waals surface area contributed by atoms with Crippen molar-refractivity contribution in [3.05, 3.63) is 35.0 Å². The Bertz CT molecular complexity index is 401. The molecule has 0 spiro atoms. The van der Waals surface area contributed by atoms with Crippen molar-refractivity contribution >= 4 is 23.2 Å². The molecule has 1 aromatic heterocycles. The molecule has 1 rings (SSSR count). The Hall–Kier alpha value is -1.62. The van der Waals surface area contributed by atoms with Crippen LogP contribution in [-0.2, 0) is 9.59 Å². The van der Waals surface area contributed by atoms with E-state index < -0.39 is 0 Å². The molecule has 0 aliphatic carbocycles. The van der Waals surface area contributed by atoms with Gasteiger partial charge in [-0.3, -0.25) is 9.59 Å². The predicted molar refractivity (Wildman–Crippen MR) is 73.3 cm³/mol. The van der Waals surface area contributed by atoms with E-state index in [4.69, 9.17) is 0 Å². The minimum Gasteiger partial charge on any atom is -0.356 e. The van der Waals surface area contributed by atoms with Crippen molar-refractivity contribution in [2.45, 2.75) is 25.8 Å². The first-order valence-corrected chi connectivity index (χ1v) is 6.69. The quantitative estimate of drug-likeness (QED) is 0.586. The lowest BCUT2D eigenvalue weighted by atomic mass is 10.1. The van der Waals surface area contributed by atoms with Gasteiger partial charge in [0.1, 0.15) is 0 Å². The number of amides is 2. The molecule has 0 aliphatic heterocycles. The number of thiophene rings is 1. The van der Waals surface area contributed by atoms with Crippen LogP contribution in [0.2, 0.25) is 0 Å². The Balaban J connectivity index is 2.53. The van der Waals surface area contributed by atoms with E-state index in [1.54, 1.807) is 6.08 Å². The number of rotatable bonds is 7. The van der Waals surface area contributed by atoms with Crippen LogP contribution in [0, 0.1) is 0 Å². The first-order chi connectivity index (χ1) is 8.63. The van der Waals surface area contributed by atoms with Gasteiger partial charge < -0.3 is 10.6 Å². The Kier molecular flexibility index (Phi) is 6.14. The third-order valence-electron chi connectivity index (χ3n) is 2.32. The van der Waals surface area contributed by atoms with Crippen LogP contribution in [0.4, 0.5) is 0 Å². The minimum absolute atomic E-state index is 0.0657. The average Bonchev–Trinajstić information content (AvgIpc) is 2.81. The number of carbonyl (C=O) groups is 2. The molecule has 2 amide bonds. The molecule has 0 radical (unpaired) electrons. The normalized spacial score (nSPS) is 11.6. The molecule has 1 aromatic rings. The second-order valence-electron chi connectivity index (χ2n) is 3.90. The van der Waals surface area contributed by atoms with Crippen LogP contribution in [0.1, 0.15) is 30.7 Å². The molecule has 1 unspecified atom stereocenters. The Morgan fingerprint density at radius 3 is 2.89 bits per heavy atom. The van der Waals surface area contributed by atoms with Gasteiger partial charge in [0.2, 0.25) is 11.8 Å². The highest BCUT2D eigenvalue weighted by molar-refractivity contribution is 7.10. The van der Waals surface area contributed by atoms with Crippen LogP contribution in [0.3, 0.4) is 0 Å². The fourth-order valence-corrected chi connectivity index (χ4v) is 2.31. The standard InChI is InChI=1S/C13H18N2O2S/c1-3-4-7-14-13(17)9-11(15-10(2)16)12-6-5-8-18-12/h3,5-6,8,11H,1,4,7,9H2,2H3,(H,14,17)(H,15,16). The molecule has 1 heterocycles.